The third-order valence-corrected chi connectivity index (χ3v) is 9.10. The Kier molecular flexibility index (Phi) is 11.0. The van der Waals surface area contributed by atoms with Gasteiger partial charge in [-0.2, -0.15) is 23.7 Å². The summed E-state index contributed by atoms with van der Waals surface area (Å²) in [5, 5.41) is 33.2. The summed E-state index contributed by atoms with van der Waals surface area (Å²) in [4.78, 5) is 35.3. The van der Waals surface area contributed by atoms with Crippen LogP contribution < -0.4 is 22.2 Å². The first-order valence-electron chi connectivity index (χ1n) is 16.5. The molecule has 0 saturated carbocycles. The number of carbonyl (C=O) groups is 3. The number of aliphatic carboxylic acids is 1. The molecule has 5 aromatic carbocycles. The zero-order valence-corrected chi connectivity index (χ0v) is 30.1. The fourth-order valence-electron chi connectivity index (χ4n) is 5.16. The number of carbonyl (C=O) groups excluding carboxylic acids is 2. The molecule has 0 bridgehead atoms. The summed E-state index contributed by atoms with van der Waals surface area (Å²) in [6.07, 6.45) is 3.80. The first kappa shape index (κ1) is 38.1. The highest BCUT2D eigenvalue weighted by molar-refractivity contribution is 7.85. The van der Waals surface area contributed by atoms with E-state index in [0.29, 0.717) is 51.0 Å². The van der Waals surface area contributed by atoms with E-state index in [0.717, 1.165) is 17.2 Å². The van der Waals surface area contributed by atoms with Gasteiger partial charge in [0.2, 0.25) is 0 Å². The van der Waals surface area contributed by atoms with Gasteiger partial charge < -0.3 is 21.9 Å². The fourth-order valence-corrected chi connectivity index (χ4v) is 5.64. The zero-order valence-electron chi connectivity index (χ0n) is 29.3. The van der Waals surface area contributed by atoms with Crippen LogP contribution in [0.1, 0.15) is 15.9 Å². The van der Waals surface area contributed by atoms with Crippen LogP contribution in [0.2, 0.25) is 0 Å². The van der Waals surface area contributed by atoms with Crippen molar-refractivity contribution in [3.05, 3.63) is 138 Å². The Balaban J connectivity index is 1.09. The molecule has 6 rings (SSSR count). The monoisotopic (exact) mass is 769 g/mol. The summed E-state index contributed by atoms with van der Waals surface area (Å²) in [6, 6.07) is 27.7. The number of rotatable bonds is 11. The molecule has 56 heavy (non-hydrogen) atoms. The summed E-state index contributed by atoms with van der Waals surface area (Å²) in [7, 11) is -4.35. The molecule has 0 fully saturated rings. The Morgan fingerprint density at radius 3 is 1.89 bits per heavy atom. The van der Waals surface area contributed by atoms with Crippen molar-refractivity contribution in [1.82, 2.24) is 0 Å². The molecule has 280 valence electrons. The number of benzene rings is 5. The van der Waals surface area contributed by atoms with Crippen LogP contribution in [0.4, 0.5) is 45.5 Å². The topological polar surface area (TPSA) is 264 Å². The van der Waals surface area contributed by atoms with Crippen LogP contribution in [0, 0.1) is 6.92 Å². The van der Waals surface area contributed by atoms with Crippen LogP contribution in [-0.4, -0.2) is 41.4 Å². The molecule has 8 N–H and O–H groups in total. The molecule has 16 nitrogen and oxygen atoms in total. The third kappa shape index (κ3) is 9.11. The highest BCUT2D eigenvalue weighted by Crippen LogP contribution is 2.41. The average molecular weight is 770 g/mol. The predicted molar refractivity (Wildman–Crippen MR) is 212 cm³/mol. The van der Waals surface area contributed by atoms with Crippen molar-refractivity contribution < 1.29 is 32.5 Å². The third-order valence-electron chi connectivity index (χ3n) is 8.24. The Hall–Kier alpha value is -7.63. The van der Waals surface area contributed by atoms with E-state index >= 15 is 0 Å². The molecule has 0 aromatic heterocycles. The van der Waals surface area contributed by atoms with Crippen LogP contribution in [-0.2, 0) is 19.7 Å². The van der Waals surface area contributed by atoms with E-state index in [2.05, 4.69) is 36.3 Å². The first-order chi connectivity index (χ1) is 26.7. The number of nitrogens with one attached hydrogen (secondary N) is 2. The second-order valence-electron chi connectivity index (χ2n) is 12.1. The lowest BCUT2D eigenvalue weighted by molar-refractivity contribution is -0.134. The van der Waals surface area contributed by atoms with Gasteiger partial charge in [-0.1, -0.05) is 24.3 Å². The number of nitrogen functional groups attached to an aromatic ring is 2. The first-order valence-corrected chi connectivity index (χ1v) is 17.9. The van der Waals surface area contributed by atoms with Gasteiger partial charge in [0.25, 0.3) is 16.0 Å². The molecule has 0 saturated heterocycles. The number of hydrogen-bond donors (Lipinski definition) is 6. The van der Waals surface area contributed by atoms with Crippen LogP contribution in [0.25, 0.3) is 11.1 Å². The van der Waals surface area contributed by atoms with E-state index in [-0.39, 0.29) is 21.8 Å². The molecule has 1 aliphatic rings. The van der Waals surface area contributed by atoms with Gasteiger partial charge in [0.15, 0.2) is 5.78 Å². The number of ketones is 1. The maximum atomic E-state index is 12.7. The molecule has 5 aromatic rings. The normalized spacial score (nSPS) is 13.6. The summed E-state index contributed by atoms with van der Waals surface area (Å²) >= 11 is 0. The largest absolute Gasteiger partial charge is 0.478 e. The fraction of sp³-hybridized carbons (Fsp3) is 0.0256. The molecule has 17 heteroatoms. The Morgan fingerprint density at radius 1 is 0.714 bits per heavy atom. The number of hydrazone groups is 1. The van der Waals surface area contributed by atoms with Crippen LogP contribution in [0.5, 0.6) is 0 Å². The molecular weight excluding hydrogens is 739 g/mol. The van der Waals surface area contributed by atoms with E-state index in [1.165, 1.54) is 48.6 Å². The number of carboxylic acids is 1. The highest BCUT2D eigenvalue weighted by Gasteiger charge is 2.19. The van der Waals surface area contributed by atoms with E-state index < -0.39 is 27.8 Å². The molecule has 1 amide bonds. The molecule has 0 heterocycles. The minimum atomic E-state index is -4.35. The summed E-state index contributed by atoms with van der Waals surface area (Å²) < 4.78 is 31.6. The number of azo groups is 2. The number of carboxylic acid groups (broad SMARTS) is 1. The number of nitrogens with zero attached hydrogens (tertiary/aromatic N) is 5. The van der Waals surface area contributed by atoms with Crippen LogP contribution >= 0.6 is 0 Å². The summed E-state index contributed by atoms with van der Waals surface area (Å²) in [6.45, 7) is 1.78. The predicted octanol–water partition coefficient (Wildman–Crippen LogP) is 8.07. The zero-order chi connectivity index (χ0) is 40.0. The Labute approximate surface area is 319 Å². The van der Waals surface area contributed by atoms with Gasteiger partial charge in [0, 0.05) is 11.3 Å². The van der Waals surface area contributed by atoms with Crippen molar-refractivity contribution in [2.45, 2.75) is 11.8 Å². The molecular formula is C39H31N9O7S. The maximum Gasteiger partial charge on any atom is 0.339 e. The van der Waals surface area contributed by atoms with E-state index in [4.69, 9.17) is 21.1 Å². The van der Waals surface area contributed by atoms with Crippen molar-refractivity contribution in [2.75, 3.05) is 22.2 Å². The number of hydrogen-bond acceptors (Lipinski definition) is 13. The smallest absolute Gasteiger partial charge is 0.339 e. The lowest BCUT2D eigenvalue weighted by Crippen LogP contribution is -2.15. The van der Waals surface area contributed by atoms with Gasteiger partial charge in [-0.25, -0.2) is 4.79 Å². The Bertz CT molecular complexity index is 2620. The maximum absolute atomic E-state index is 12.7. The number of anilines is 4. The minimum Gasteiger partial charge on any atom is -0.478 e. The second-order valence-corrected chi connectivity index (χ2v) is 13.5. The van der Waals surface area contributed by atoms with Crippen molar-refractivity contribution >= 4 is 79.0 Å². The number of allylic oxidation sites excluding steroid dienone is 3. The molecule has 0 atom stereocenters. The molecule has 0 aliphatic heterocycles. The van der Waals surface area contributed by atoms with Crippen molar-refractivity contribution in [1.29, 1.82) is 0 Å². The quantitative estimate of drug-likeness (QED) is 0.0188. The van der Waals surface area contributed by atoms with Crippen molar-refractivity contribution in [2.24, 2.45) is 25.6 Å². The molecule has 1 aliphatic carbocycles. The summed E-state index contributed by atoms with van der Waals surface area (Å²) in [5.41, 5.74) is 21.3. The van der Waals surface area contributed by atoms with Gasteiger partial charge in [-0.3, -0.25) is 19.6 Å². The molecule has 0 radical (unpaired) electrons. The summed E-state index contributed by atoms with van der Waals surface area (Å²) in [5.74, 6) is -2.36. The second kappa shape index (κ2) is 16.2. The van der Waals surface area contributed by atoms with Crippen molar-refractivity contribution in [3.63, 3.8) is 0 Å². The van der Waals surface area contributed by atoms with Gasteiger partial charge in [-0.05, 0) is 121 Å². The van der Waals surface area contributed by atoms with E-state index in [9.17, 15) is 22.8 Å². The number of aryl methyl sites for hydroxylation is 1. The van der Waals surface area contributed by atoms with Gasteiger partial charge in [0.05, 0.1) is 39.0 Å². The lowest BCUT2D eigenvalue weighted by atomic mass is 10.0. The number of amides is 1. The average Bonchev–Trinajstić information content (AvgIpc) is 3.19. The van der Waals surface area contributed by atoms with Crippen molar-refractivity contribution in [3.8, 4) is 11.1 Å². The molecule has 0 spiro atoms. The van der Waals surface area contributed by atoms with Gasteiger partial charge in [-0.15, -0.1) is 10.2 Å². The van der Waals surface area contributed by atoms with Gasteiger partial charge >= 0.3 is 5.97 Å². The van der Waals surface area contributed by atoms with E-state index in [1.807, 2.05) is 36.4 Å². The highest BCUT2D eigenvalue weighted by atomic mass is 32.2. The number of nitrogens with two attached hydrogens (primary N) is 2. The van der Waals surface area contributed by atoms with Crippen LogP contribution in [0.3, 0.4) is 0 Å². The molecule has 0 unspecified atom stereocenters. The van der Waals surface area contributed by atoms with E-state index in [1.54, 1.807) is 37.3 Å². The SMILES string of the molecule is Cc1cc(N=Nc2ccc(-c3ccc(N/N=C4/C=CC(=O)C(C(=O)O)=C4)cc3)cc2)c(N)c(N=Nc2ccc(C(=O)Nc3ccc(S(=O)(=O)O)cc3)cc2)c1N. The lowest BCUT2D eigenvalue weighted by Gasteiger charge is -2.09. The minimum absolute atomic E-state index is 0.165. The van der Waals surface area contributed by atoms with Gasteiger partial charge in [0.1, 0.15) is 16.9 Å². The standard InChI is InChI=1S/C39H31N9O7S/c1-22-20-33(36(41)37(35(22)40)48-45-29-12-6-25(7-13-29)38(50)42-26-14-17-31(18-15-26)56(53,54)55)47-44-28-10-4-24(5-11-28)23-2-8-27(9-3-23)43-46-30-16-19-34(49)32(21-30)39(51)52/h2-21,43H,40-41H2,1H3,(H,42,50)(H,51,52)(H,53,54,55)/b46-30-,47-44?,48-45?. The Morgan fingerprint density at radius 2 is 1.29 bits per heavy atom. The van der Waals surface area contributed by atoms with Crippen LogP contribution in [0.15, 0.2) is 157 Å².